The van der Waals surface area contributed by atoms with Crippen LogP contribution in [0, 0.1) is 0 Å². The molecule has 1 heterocycles. The zero-order chi connectivity index (χ0) is 9.36. The average Bonchev–Trinajstić information content (AvgIpc) is 2.19. The summed E-state index contributed by atoms with van der Waals surface area (Å²) in [5.41, 5.74) is 1.21. The topological polar surface area (TPSA) is 12.9 Å². The lowest BCUT2D eigenvalue weighted by Gasteiger charge is -1.99. The predicted octanol–water partition coefficient (Wildman–Crippen LogP) is 3.16. The summed E-state index contributed by atoms with van der Waals surface area (Å²) in [7, 11) is 0. The van der Waals surface area contributed by atoms with Gasteiger partial charge in [0.15, 0.2) is 0 Å². The Hall–Kier alpha value is -0.500. The van der Waals surface area contributed by atoms with Crippen molar-refractivity contribution in [1.29, 1.82) is 0 Å². The van der Waals surface area contributed by atoms with Crippen molar-refractivity contribution in [2.45, 2.75) is 26.2 Å². The van der Waals surface area contributed by atoms with Gasteiger partial charge in [-0.1, -0.05) is 19.4 Å². The summed E-state index contributed by atoms with van der Waals surface area (Å²) in [6.07, 6.45) is 5.62. The third kappa shape index (κ3) is 4.94. The van der Waals surface area contributed by atoms with E-state index in [1.807, 2.05) is 24.0 Å². The summed E-state index contributed by atoms with van der Waals surface area (Å²) < 4.78 is 0. The first-order valence-corrected chi connectivity index (χ1v) is 6.06. The Morgan fingerprint density at radius 1 is 1.31 bits per heavy atom. The molecule has 0 bridgehead atoms. The average molecular weight is 195 g/mol. The minimum Gasteiger partial charge on any atom is -0.261 e. The van der Waals surface area contributed by atoms with E-state index in [4.69, 9.17) is 0 Å². The fourth-order valence-electron chi connectivity index (χ4n) is 1.07. The molecule has 0 aliphatic carbocycles. The maximum absolute atomic E-state index is 4.28. The third-order valence-electron chi connectivity index (χ3n) is 1.87. The van der Waals surface area contributed by atoms with Crippen molar-refractivity contribution in [3.05, 3.63) is 30.1 Å². The molecular formula is C11H17NS. The molecule has 0 spiro atoms. The van der Waals surface area contributed by atoms with Crippen LogP contribution >= 0.6 is 11.8 Å². The summed E-state index contributed by atoms with van der Waals surface area (Å²) in [5, 5.41) is 0. The van der Waals surface area contributed by atoms with Crippen molar-refractivity contribution >= 4 is 11.8 Å². The second kappa shape index (κ2) is 6.96. The fraction of sp³-hybridized carbons (Fsp3) is 0.545. The summed E-state index contributed by atoms with van der Waals surface area (Å²) in [5.74, 6) is 2.50. The molecule has 2 heteroatoms. The molecule has 0 aliphatic rings. The molecule has 1 nitrogen and oxygen atoms in total. The molecule has 1 aromatic rings. The molecule has 0 unspecified atom stereocenters. The molecule has 0 radical (unpaired) electrons. The van der Waals surface area contributed by atoms with Gasteiger partial charge in [0.2, 0.25) is 0 Å². The molecule has 0 aromatic carbocycles. The summed E-state index contributed by atoms with van der Waals surface area (Å²) in [6.45, 7) is 2.24. The van der Waals surface area contributed by atoms with Crippen molar-refractivity contribution in [2.24, 2.45) is 0 Å². The molecule has 72 valence electrons. The van der Waals surface area contributed by atoms with Crippen LogP contribution in [0.4, 0.5) is 0 Å². The Morgan fingerprint density at radius 2 is 2.23 bits per heavy atom. The maximum atomic E-state index is 4.28. The van der Waals surface area contributed by atoms with Gasteiger partial charge in [-0.05, 0) is 36.5 Å². The van der Waals surface area contributed by atoms with Gasteiger partial charge in [0.25, 0.3) is 0 Å². The van der Waals surface area contributed by atoms with Gasteiger partial charge in [0, 0.05) is 11.9 Å². The Bertz CT molecular complexity index is 211. The van der Waals surface area contributed by atoms with Crippen molar-refractivity contribution in [3.8, 4) is 0 Å². The number of aromatic nitrogens is 1. The van der Waals surface area contributed by atoms with E-state index in [9.17, 15) is 0 Å². The summed E-state index contributed by atoms with van der Waals surface area (Å²) in [6, 6.07) is 6.12. The van der Waals surface area contributed by atoms with Gasteiger partial charge in [0.05, 0.1) is 0 Å². The van der Waals surface area contributed by atoms with Gasteiger partial charge in [-0.3, -0.25) is 4.98 Å². The number of aryl methyl sites for hydroxylation is 1. The van der Waals surface area contributed by atoms with E-state index in [1.165, 1.54) is 30.0 Å². The molecule has 1 rings (SSSR count). The highest BCUT2D eigenvalue weighted by atomic mass is 32.2. The van der Waals surface area contributed by atoms with E-state index in [-0.39, 0.29) is 0 Å². The van der Waals surface area contributed by atoms with Crippen LogP contribution in [-0.4, -0.2) is 16.5 Å². The fourth-order valence-corrected chi connectivity index (χ4v) is 2.12. The van der Waals surface area contributed by atoms with Gasteiger partial charge >= 0.3 is 0 Å². The van der Waals surface area contributed by atoms with Crippen molar-refractivity contribution < 1.29 is 0 Å². The first-order valence-electron chi connectivity index (χ1n) is 4.91. The lowest BCUT2D eigenvalue weighted by Crippen LogP contribution is -1.92. The van der Waals surface area contributed by atoms with Crippen LogP contribution in [-0.2, 0) is 6.42 Å². The first kappa shape index (κ1) is 10.6. The smallest absolute Gasteiger partial charge is 0.0411 e. The van der Waals surface area contributed by atoms with Crippen molar-refractivity contribution in [3.63, 3.8) is 0 Å². The highest BCUT2D eigenvalue weighted by molar-refractivity contribution is 7.99. The lowest BCUT2D eigenvalue weighted by atomic mass is 10.3. The van der Waals surface area contributed by atoms with Gasteiger partial charge in [-0.25, -0.2) is 0 Å². The zero-order valence-electron chi connectivity index (χ0n) is 8.20. The SMILES string of the molecule is CCCCSCCc1ccccn1. The van der Waals surface area contributed by atoms with Gasteiger partial charge < -0.3 is 0 Å². The number of nitrogens with zero attached hydrogens (tertiary/aromatic N) is 1. The molecule has 0 saturated heterocycles. The minimum absolute atomic E-state index is 1.11. The van der Waals surface area contributed by atoms with Gasteiger partial charge in [-0.2, -0.15) is 11.8 Å². The molecule has 0 amide bonds. The van der Waals surface area contributed by atoms with Crippen LogP contribution in [0.2, 0.25) is 0 Å². The van der Waals surface area contributed by atoms with Crippen molar-refractivity contribution in [1.82, 2.24) is 4.98 Å². The second-order valence-corrected chi connectivity index (χ2v) is 4.26. The lowest BCUT2D eigenvalue weighted by molar-refractivity contribution is 0.895. The Balaban J connectivity index is 2.07. The maximum Gasteiger partial charge on any atom is 0.0411 e. The monoisotopic (exact) mass is 195 g/mol. The van der Waals surface area contributed by atoms with Crippen LogP contribution in [0.25, 0.3) is 0 Å². The zero-order valence-corrected chi connectivity index (χ0v) is 9.02. The minimum atomic E-state index is 1.11. The van der Waals surface area contributed by atoms with Crippen LogP contribution in [0.3, 0.4) is 0 Å². The van der Waals surface area contributed by atoms with Crippen LogP contribution in [0.5, 0.6) is 0 Å². The van der Waals surface area contributed by atoms with E-state index in [0.29, 0.717) is 0 Å². The molecule has 0 aliphatic heterocycles. The quantitative estimate of drug-likeness (QED) is 0.647. The molecule has 1 aromatic heterocycles. The molecule has 0 N–H and O–H groups in total. The van der Waals surface area contributed by atoms with E-state index in [0.717, 1.165) is 6.42 Å². The van der Waals surface area contributed by atoms with Crippen LogP contribution in [0.1, 0.15) is 25.5 Å². The van der Waals surface area contributed by atoms with Crippen molar-refractivity contribution in [2.75, 3.05) is 11.5 Å². The van der Waals surface area contributed by atoms with E-state index < -0.39 is 0 Å². The Kier molecular flexibility index (Phi) is 5.66. The number of hydrogen-bond donors (Lipinski definition) is 0. The number of unbranched alkanes of at least 4 members (excludes halogenated alkanes) is 1. The van der Waals surface area contributed by atoms with E-state index in [1.54, 1.807) is 0 Å². The molecule has 13 heavy (non-hydrogen) atoms. The number of rotatable bonds is 6. The van der Waals surface area contributed by atoms with E-state index >= 15 is 0 Å². The van der Waals surface area contributed by atoms with Crippen LogP contribution < -0.4 is 0 Å². The van der Waals surface area contributed by atoms with Gasteiger partial charge in [-0.15, -0.1) is 0 Å². The Labute approximate surface area is 85.0 Å². The molecular weight excluding hydrogens is 178 g/mol. The van der Waals surface area contributed by atoms with Gasteiger partial charge in [0.1, 0.15) is 0 Å². The van der Waals surface area contributed by atoms with Crippen LogP contribution in [0.15, 0.2) is 24.4 Å². The number of thioether (sulfide) groups is 1. The molecule has 0 atom stereocenters. The standard InChI is InChI=1S/C11H17NS/c1-2-3-9-13-10-7-11-6-4-5-8-12-11/h4-6,8H,2-3,7,9-10H2,1H3. The largest absolute Gasteiger partial charge is 0.261 e. The predicted molar refractivity (Wildman–Crippen MR) is 60.2 cm³/mol. The number of pyridine rings is 1. The number of hydrogen-bond acceptors (Lipinski definition) is 2. The second-order valence-electron chi connectivity index (χ2n) is 3.04. The molecule has 0 saturated carbocycles. The molecule has 0 fully saturated rings. The highest BCUT2D eigenvalue weighted by Crippen LogP contribution is 2.07. The Morgan fingerprint density at radius 3 is 2.92 bits per heavy atom. The first-order chi connectivity index (χ1) is 6.43. The summed E-state index contributed by atoms with van der Waals surface area (Å²) in [4.78, 5) is 4.28. The van der Waals surface area contributed by atoms with E-state index in [2.05, 4.69) is 24.0 Å². The highest BCUT2D eigenvalue weighted by Gasteiger charge is 1.92. The third-order valence-corrected chi connectivity index (χ3v) is 2.94. The summed E-state index contributed by atoms with van der Waals surface area (Å²) >= 11 is 2.03. The normalized spacial score (nSPS) is 10.2.